The fourth-order valence-corrected chi connectivity index (χ4v) is 2.69. The maximum atomic E-state index is 10.2. The fourth-order valence-electron chi connectivity index (χ4n) is 0.716. The summed E-state index contributed by atoms with van der Waals surface area (Å²) in [7, 11) is -7.66. The van der Waals surface area contributed by atoms with Gasteiger partial charge >= 0.3 is 17.1 Å². The number of hydrogen-bond acceptors (Lipinski definition) is 5. The Morgan fingerprint density at radius 1 is 1.50 bits per heavy atom. The van der Waals surface area contributed by atoms with Crippen molar-refractivity contribution < 1.29 is 28.4 Å². The molecular formula is C4H13O6PSi. The Bertz CT molecular complexity index is 156. The molecule has 2 unspecified atom stereocenters. The van der Waals surface area contributed by atoms with Gasteiger partial charge in [0.05, 0.1) is 0 Å². The normalized spacial score (nSPS) is 17.4. The van der Waals surface area contributed by atoms with E-state index in [1.807, 2.05) is 0 Å². The lowest BCUT2D eigenvalue weighted by Gasteiger charge is -2.20. The van der Waals surface area contributed by atoms with Crippen molar-refractivity contribution in [2.75, 3.05) is 0 Å². The summed E-state index contributed by atoms with van der Waals surface area (Å²) in [6.07, 6.45) is 0.670. The van der Waals surface area contributed by atoms with Crippen molar-refractivity contribution in [3.63, 3.8) is 0 Å². The van der Waals surface area contributed by atoms with Gasteiger partial charge in [-0.15, -0.1) is 0 Å². The predicted octanol–water partition coefficient (Wildman–Crippen LogP) is -0.991. The van der Waals surface area contributed by atoms with Gasteiger partial charge in [0.15, 0.2) is 0 Å². The second-order valence-electron chi connectivity index (χ2n) is 2.35. The third-order valence-electron chi connectivity index (χ3n) is 1.23. The summed E-state index contributed by atoms with van der Waals surface area (Å²) in [6.45, 7) is 1.73. The summed E-state index contributed by atoms with van der Waals surface area (Å²) in [5.74, 6) is 0. The van der Waals surface area contributed by atoms with Gasteiger partial charge in [-0.2, -0.15) is 0 Å². The Kier molecular flexibility index (Phi) is 5.18. The van der Waals surface area contributed by atoms with Crippen LogP contribution in [0.4, 0.5) is 0 Å². The van der Waals surface area contributed by atoms with Gasteiger partial charge in [0, 0.05) is 0 Å². The van der Waals surface area contributed by atoms with Gasteiger partial charge < -0.3 is 23.8 Å². The lowest BCUT2D eigenvalue weighted by atomic mass is 10.4. The minimum absolute atomic E-state index is 0.146. The molecule has 0 saturated carbocycles. The second-order valence-corrected chi connectivity index (χ2v) is 5.13. The highest BCUT2D eigenvalue weighted by Gasteiger charge is 2.40. The molecule has 0 rings (SSSR count). The lowest BCUT2D eigenvalue weighted by Crippen LogP contribution is -2.49. The van der Waals surface area contributed by atoms with E-state index in [0.29, 0.717) is 6.42 Å². The minimum atomic E-state index is -4.43. The average Bonchev–Trinajstić information content (AvgIpc) is 1.83. The van der Waals surface area contributed by atoms with Gasteiger partial charge in [0.1, 0.15) is 5.73 Å². The van der Waals surface area contributed by atoms with E-state index in [9.17, 15) is 4.57 Å². The van der Waals surface area contributed by atoms with Gasteiger partial charge in [-0.25, -0.2) is 0 Å². The van der Waals surface area contributed by atoms with Gasteiger partial charge in [-0.05, 0) is 6.42 Å². The highest BCUT2D eigenvalue weighted by molar-refractivity contribution is 7.32. The molecular weight excluding hydrogens is 203 g/mol. The van der Waals surface area contributed by atoms with E-state index >= 15 is 0 Å². The summed E-state index contributed by atoms with van der Waals surface area (Å²) in [4.78, 5) is 34.6. The molecule has 0 aliphatic carbocycles. The van der Waals surface area contributed by atoms with Crippen LogP contribution in [0.3, 0.4) is 0 Å². The molecule has 0 aromatic heterocycles. The molecule has 8 heteroatoms. The summed E-state index contributed by atoms with van der Waals surface area (Å²) in [5.41, 5.74) is -1.31. The van der Waals surface area contributed by atoms with Crippen LogP contribution in [-0.4, -0.2) is 33.8 Å². The van der Waals surface area contributed by atoms with Gasteiger partial charge in [0.2, 0.25) is 0 Å². The van der Waals surface area contributed by atoms with Crippen molar-refractivity contribution in [2.24, 2.45) is 0 Å². The molecule has 74 valence electrons. The molecule has 0 aromatic carbocycles. The minimum Gasteiger partial charge on any atom is -0.388 e. The molecule has 12 heavy (non-hydrogen) atoms. The van der Waals surface area contributed by atoms with Crippen molar-refractivity contribution in [2.45, 2.75) is 25.5 Å². The molecule has 6 nitrogen and oxygen atoms in total. The third kappa shape index (κ3) is 4.99. The quantitative estimate of drug-likeness (QED) is 0.347. The van der Waals surface area contributed by atoms with E-state index in [1.54, 1.807) is 6.92 Å². The molecule has 0 aromatic rings. The lowest BCUT2D eigenvalue weighted by molar-refractivity contribution is 0.121. The van der Waals surface area contributed by atoms with Crippen LogP contribution in [0.2, 0.25) is 0 Å². The largest absolute Gasteiger partial charge is 0.523 e. The van der Waals surface area contributed by atoms with Crippen LogP contribution in [0.1, 0.15) is 19.8 Å². The van der Waals surface area contributed by atoms with Crippen LogP contribution in [0.5, 0.6) is 0 Å². The Morgan fingerprint density at radius 2 is 2.00 bits per heavy atom. The van der Waals surface area contributed by atoms with Crippen LogP contribution in [0.15, 0.2) is 0 Å². The zero-order valence-electron chi connectivity index (χ0n) is 6.60. The Morgan fingerprint density at radius 3 is 2.25 bits per heavy atom. The molecule has 0 spiro atoms. The first-order valence-electron chi connectivity index (χ1n) is 3.44. The van der Waals surface area contributed by atoms with E-state index in [4.69, 9.17) is 19.3 Å². The van der Waals surface area contributed by atoms with Crippen molar-refractivity contribution in [1.29, 1.82) is 0 Å². The van der Waals surface area contributed by atoms with E-state index in [0.717, 1.165) is 0 Å². The maximum absolute atomic E-state index is 10.2. The molecule has 0 aliphatic rings. The van der Waals surface area contributed by atoms with E-state index in [-0.39, 0.29) is 6.42 Å². The van der Waals surface area contributed by atoms with Crippen LogP contribution in [-0.2, 0) is 9.09 Å². The third-order valence-corrected chi connectivity index (χ3v) is 3.22. The van der Waals surface area contributed by atoms with Gasteiger partial charge in [0.25, 0.3) is 0 Å². The van der Waals surface area contributed by atoms with Crippen LogP contribution >= 0.6 is 8.25 Å². The molecule has 0 fully saturated rings. The molecule has 4 N–H and O–H groups in total. The zero-order valence-corrected chi connectivity index (χ0v) is 8.60. The topological polar surface area (TPSA) is 107 Å². The van der Waals surface area contributed by atoms with Gasteiger partial charge in [-0.3, -0.25) is 4.57 Å². The van der Waals surface area contributed by atoms with Gasteiger partial charge in [-0.1, -0.05) is 13.3 Å². The highest BCUT2D eigenvalue weighted by Crippen LogP contribution is 2.23. The van der Waals surface area contributed by atoms with Crippen molar-refractivity contribution >= 4 is 17.1 Å². The number of rotatable bonds is 5. The first-order chi connectivity index (χ1) is 5.38. The first-order valence-corrected chi connectivity index (χ1v) is 6.63. The van der Waals surface area contributed by atoms with Crippen LogP contribution < -0.4 is 0 Å². The molecule has 0 amide bonds. The molecule has 0 radical (unpaired) electrons. The average molecular weight is 216 g/mol. The Hall–Kier alpha value is 0.247. The molecule has 2 atom stereocenters. The van der Waals surface area contributed by atoms with E-state index < -0.39 is 22.8 Å². The van der Waals surface area contributed by atoms with E-state index in [1.165, 1.54) is 0 Å². The van der Waals surface area contributed by atoms with Crippen molar-refractivity contribution in [3.05, 3.63) is 0 Å². The van der Waals surface area contributed by atoms with E-state index in [2.05, 4.69) is 4.52 Å². The Labute approximate surface area is 71.8 Å². The van der Waals surface area contributed by atoms with Crippen molar-refractivity contribution in [1.82, 2.24) is 0 Å². The SMILES string of the molecule is CCCC(O[PH](=O)O)[Si](O)(O)O. The summed E-state index contributed by atoms with van der Waals surface area (Å²) < 4.78 is 14.5. The van der Waals surface area contributed by atoms with Crippen LogP contribution in [0, 0.1) is 0 Å². The van der Waals surface area contributed by atoms with Crippen LogP contribution in [0.25, 0.3) is 0 Å². The smallest absolute Gasteiger partial charge is 0.388 e. The van der Waals surface area contributed by atoms with Crippen molar-refractivity contribution in [3.8, 4) is 0 Å². The monoisotopic (exact) mass is 216 g/mol. The maximum Gasteiger partial charge on any atom is 0.523 e. The highest BCUT2D eigenvalue weighted by atomic mass is 31.1. The summed E-state index contributed by atoms with van der Waals surface area (Å²) in [5, 5.41) is 0. The molecule has 0 bridgehead atoms. The second kappa shape index (κ2) is 5.08. The summed E-state index contributed by atoms with van der Waals surface area (Å²) >= 11 is 0. The standard InChI is InChI=1S/C4H13O6PSi/c1-2-3-4(10-11(5)6)12(7,8)9/h4,7-9,11H,2-3H2,1H3,(H,5,6). The first kappa shape index (κ1) is 12.2. The predicted molar refractivity (Wildman–Crippen MR) is 43.4 cm³/mol. The molecule has 0 aliphatic heterocycles. The zero-order chi connectivity index (χ0) is 9.78. The molecule has 0 saturated heterocycles. The fraction of sp³-hybridized carbons (Fsp3) is 1.00. The Balaban J connectivity index is 4.13. The molecule has 0 heterocycles. The number of hydrogen-bond donors (Lipinski definition) is 4. The summed E-state index contributed by atoms with van der Waals surface area (Å²) in [6, 6.07) is 0.